The summed E-state index contributed by atoms with van der Waals surface area (Å²) in [4.78, 5) is 10.9. The predicted molar refractivity (Wildman–Crippen MR) is 70.0 cm³/mol. The van der Waals surface area contributed by atoms with Crippen molar-refractivity contribution in [3.8, 4) is 17.2 Å². The van der Waals surface area contributed by atoms with Crippen LogP contribution in [0.3, 0.4) is 0 Å². The van der Waals surface area contributed by atoms with Crippen molar-refractivity contribution in [2.45, 2.75) is 12.8 Å². The number of aliphatic carboxylic acids is 1. The lowest BCUT2D eigenvalue weighted by atomic mass is 10.0. The largest absolute Gasteiger partial charge is 0.493 e. The van der Waals surface area contributed by atoms with Crippen LogP contribution >= 0.6 is 0 Å². The maximum Gasteiger partial charge on any atom is 0.328 e. The van der Waals surface area contributed by atoms with Gasteiger partial charge in [0.05, 0.1) is 21.3 Å². The Bertz CT molecular complexity index is 545. The summed E-state index contributed by atoms with van der Waals surface area (Å²) < 4.78 is 16.0. The van der Waals surface area contributed by atoms with Crippen molar-refractivity contribution < 1.29 is 24.1 Å². The molecule has 0 unspecified atom stereocenters. The first-order valence-corrected chi connectivity index (χ1v) is 5.88. The third-order valence-electron chi connectivity index (χ3n) is 3.19. The van der Waals surface area contributed by atoms with E-state index in [1.807, 2.05) is 6.07 Å². The monoisotopic (exact) mass is 264 g/mol. The highest BCUT2D eigenvalue weighted by atomic mass is 16.5. The molecule has 0 bridgehead atoms. The molecule has 5 nitrogen and oxygen atoms in total. The van der Waals surface area contributed by atoms with E-state index >= 15 is 0 Å². The number of allylic oxidation sites excluding steroid dienone is 1. The van der Waals surface area contributed by atoms with Gasteiger partial charge in [-0.05, 0) is 30.0 Å². The van der Waals surface area contributed by atoms with Gasteiger partial charge in [-0.15, -0.1) is 0 Å². The van der Waals surface area contributed by atoms with E-state index in [4.69, 9.17) is 19.3 Å². The summed E-state index contributed by atoms with van der Waals surface area (Å²) in [5, 5.41) is 8.92. The van der Waals surface area contributed by atoms with Gasteiger partial charge in [0.25, 0.3) is 0 Å². The summed E-state index contributed by atoms with van der Waals surface area (Å²) in [6.07, 6.45) is 2.67. The Balaban J connectivity index is 2.68. The van der Waals surface area contributed by atoms with Crippen LogP contribution in [0.25, 0.3) is 5.57 Å². The van der Waals surface area contributed by atoms with Crippen molar-refractivity contribution in [3.05, 3.63) is 23.3 Å². The molecule has 1 aromatic carbocycles. The first-order chi connectivity index (χ1) is 9.12. The first kappa shape index (κ1) is 13.3. The predicted octanol–water partition coefficient (Wildman–Crippen LogP) is 2.13. The number of benzene rings is 1. The molecular formula is C14H16O5. The van der Waals surface area contributed by atoms with Gasteiger partial charge < -0.3 is 19.3 Å². The van der Waals surface area contributed by atoms with Gasteiger partial charge >= 0.3 is 5.97 Å². The number of hydrogen-bond donors (Lipinski definition) is 1. The molecule has 102 valence electrons. The second-order valence-corrected chi connectivity index (χ2v) is 4.19. The van der Waals surface area contributed by atoms with Crippen LogP contribution in [0.15, 0.2) is 12.1 Å². The molecule has 0 spiro atoms. The second-order valence-electron chi connectivity index (χ2n) is 4.19. The number of carboxylic acid groups (broad SMARTS) is 1. The highest BCUT2D eigenvalue weighted by Crippen LogP contribution is 2.48. The number of rotatable bonds is 4. The molecule has 5 heteroatoms. The molecule has 0 saturated heterocycles. The minimum atomic E-state index is -0.959. The third-order valence-corrected chi connectivity index (χ3v) is 3.19. The summed E-state index contributed by atoms with van der Waals surface area (Å²) in [5.74, 6) is 0.651. The molecule has 0 amide bonds. The van der Waals surface area contributed by atoms with Gasteiger partial charge in [-0.1, -0.05) is 0 Å². The lowest BCUT2D eigenvalue weighted by Gasteiger charge is -2.16. The standard InChI is InChI=1S/C14H16O5/c1-17-10-6-8-4-5-9(7-11(15)16)12(8)14(19-3)13(10)18-2/h6-7H,4-5H2,1-3H3,(H,15,16)/b9-7+. The number of carbonyl (C=O) groups is 1. The molecular weight excluding hydrogens is 248 g/mol. The Kier molecular flexibility index (Phi) is 3.64. The van der Waals surface area contributed by atoms with Crippen molar-refractivity contribution in [1.29, 1.82) is 0 Å². The average Bonchev–Trinajstić information content (AvgIpc) is 2.78. The van der Waals surface area contributed by atoms with E-state index < -0.39 is 5.97 Å². The van der Waals surface area contributed by atoms with Crippen LogP contribution in [-0.2, 0) is 11.2 Å². The van der Waals surface area contributed by atoms with E-state index in [9.17, 15) is 4.79 Å². The van der Waals surface area contributed by atoms with Crippen molar-refractivity contribution in [1.82, 2.24) is 0 Å². The van der Waals surface area contributed by atoms with Crippen molar-refractivity contribution in [2.75, 3.05) is 21.3 Å². The van der Waals surface area contributed by atoms with Crippen LogP contribution in [-0.4, -0.2) is 32.4 Å². The summed E-state index contributed by atoms with van der Waals surface area (Å²) in [6, 6.07) is 1.87. The Morgan fingerprint density at radius 1 is 1.16 bits per heavy atom. The Morgan fingerprint density at radius 3 is 2.37 bits per heavy atom. The van der Waals surface area contributed by atoms with Gasteiger partial charge in [-0.2, -0.15) is 0 Å². The minimum Gasteiger partial charge on any atom is -0.493 e. The Morgan fingerprint density at radius 2 is 1.84 bits per heavy atom. The van der Waals surface area contributed by atoms with E-state index in [0.29, 0.717) is 23.7 Å². The number of fused-ring (bicyclic) bond motifs is 1. The first-order valence-electron chi connectivity index (χ1n) is 5.88. The molecule has 1 aliphatic carbocycles. The maximum absolute atomic E-state index is 10.9. The van der Waals surface area contributed by atoms with Crippen LogP contribution in [0, 0.1) is 0 Å². The minimum absolute atomic E-state index is 0.488. The molecule has 1 N–H and O–H groups in total. The third kappa shape index (κ3) is 2.23. The fourth-order valence-electron chi connectivity index (χ4n) is 2.44. The van der Waals surface area contributed by atoms with Gasteiger partial charge in [-0.25, -0.2) is 4.79 Å². The fourth-order valence-corrected chi connectivity index (χ4v) is 2.44. The van der Waals surface area contributed by atoms with Gasteiger partial charge in [0.1, 0.15) is 0 Å². The molecule has 0 radical (unpaired) electrons. The quantitative estimate of drug-likeness (QED) is 0.844. The Hall–Kier alpha value is -2.17. The summed E-state index contributed by atoms with van der Waals surface area (Å²) in [6.45, 7) is 0. The van der Waals surface area contributed by atoms with E-state index in [0.717, 1.165) is 23.1 Å². The van der Waals surface area contributed by atoms with E-state index in [1.165, 1.54) is 20.3 Å². The number of methoxy groups -OCH3 is 3. The van der Waals surface area contributed by atoms with Gasteiger partial charge in [0.15, 0.2) is 11.5 Å². The number of ether oxygens (including phenoxy) is 3. The summed E-state index contributed by atoms with van der Waals surface area (Å²) in [7, 11) is 4.63. The smallest absolute Gasteiger partial charge is 0.328 e. The zero-order valence-corrected chi connectivity index (χ0v) is 11.1. The molecule has 19 heavy (non-hydrogen) atoms. The van der Waals surface area contributed by atoms with Crippen molar-refractivity contribution in [3.63, 3.8) is 0 Å². The number of carboxylic acids is 1. The Labute approximate surface area is 111 Å². The molecule has 1 aromatic rings. The lowest BCUT2D eigenvalue weighted by Crippen LogP contribution is -1.99. The zero-order chi connectivity index (χ0) is 14.0. The molecule has 0 aliphatic heterocycles. The van der Waals surface area contributed by atoms with Crippen LogP contribution in [0.2, 0.25) is 0 Å². The second kappa shape index (κ2) is 5.22. The summed E-state index contributed by atoms with van der Waals surface area (Å²) >= 11 is 0. The van der Waals surface area contributed by atoms with Crippen LogP contribution < -0.4 is 14.2 Å². The van der Waals surface area contributed by atoms with Crippen LogP contribution in [0.5, 0.6) is 17.2 Å². The topological polar surface area (TPSA) is 65.0 Å². The molecule has 1 aliphatic rings. The molecule has 2 rings (SSSR count). The zero-order valence-electron chi connectivity index (χ0n) is 11.1. The molecule has 0 saturated carbocycles. The van der Waals surface area contributed by atoms with Crippen molar-refractivity contribution >= 4 is 11.5 Å². The normalized spacial score (nSPS) is 15.2. The highest BCUT2D eigenvalue weighted by molar-refractivity contribution is 5.94. The van der Waals surface area contributed by atoms with Gasteiger partial charge in [-0.3, -0.25) is 0 Å². The number of aryl methyl sites for hydroxylation is 1. The van der Waals surface area contributed by atoms with Crippen LogP contribution in [0.4, 0.5) is 0 Å². The van der Waals surface area contributed by atoms with E-state index in [2.05, 4.69) is 0 Å². The average molecular weight is 264 g/mol. The van der Waals surface area contributed by atoms with Gasteiger partial charge in [0.2, 0.25) is 5.75 Å². The summed E-state index contributed by atoms with van der Waals surface area (Å²) in [5.41, 5.74) is 2.57. The van der Waals surface area contributed by atoms with E-state index in [-0.39, 0.29) is 0 Å². The van der Waals surface area contributed by atoms with Gasteiger partial charge in [0, 0.05) is 11.6 Å². The highest BCUT2D eigenvalue weighted by Gasteiger charge is 2.27. The number of hydrogen-bond acceptors (Lipinski definition) is 4. The van der Waals surface area contributed by atoms with Crippen LogP contribution in [0.1, 0.15) is 17.5 Å². The molecule has 0 fully saturated rings. The lowest BCUT2D eigenvalue weighted by molar-refractivity contribution is -0.131. The molecule has 0 atom stereocenters. The molecule has 0 aromatic heterocycles. The maximum atomic E-state index is 10.9. The van der Waals surface area contributed by atoms with Crippen molar-refractivity contribution in [2.24, 2.45) is 0 Å². The van der Waals surface area contributed by atoms with E-state index in [1.54, 1.807) is 7.11 Å². The SMILES string of the molecule is COc1cc2c(c(OC)c1OC)/C(=C/C(=O)O)CC2. The molecule has 0 heterocycles. The fraction of sp³-hybridized carbons (Fsp3) is 0.357.